The second-order valence-electron chi connectivity index (χ2n) is 6.02. The highest BCUT2D eigenvalue weighted by molar-refractivity contribution is 9.10. The lowest BCUT2D eigenvalue weighted by molar-refractivity contribution is 0.0630. The Morgan fingerprint density at radius 1 is 1.45 bits per heavy atom. The standard InChI is InChI=1S/C16H26BrN3O.ClH/c1-4-9-19(14-5-7-18-8-6-14)16(21)15-10-13(17)11-20(15)12(2)3;/h10-12,14,18H,4-9H2,1-3H3;1H. The Morgan fingerprint density at radius 3 is 2.64 bits per heavy atom. The van der Waals surface area contributed by atoms with Gasteiger partial charge in [0, 0.05) is 29.3 Å². The van der Waals surface area contributed by atoms with E-state index in [1.54, 1.807) is 0 Å². The molecule has 0 radical (unpaired) electrons. The largest absolute Gasteiger partial charge is 0.340 e. The summed E-state index contributed by atoms with van der Waals surface area (Å²) in [6.07, 6.45) is 5.11. The first kappa shape index (κ1) is 19.5. The molecule has 0 atom stereocenters. The maximum atomic E-state index is 13.0. The van der Waals surface area contributed by atoms with Gasteiger partial charge in [0.05, 0.1) is 0 Å². The molecule has 22 heavy (non-hydrogen) atoms. The SMILES string of the molecule is CCCN(C(=O)c1cc(Br)cn1C(C)C)C1CCNCC1.Cl. The maximum Gasteiger partial charge on any atom is 0.270 e. The molecule has 0 saturated carbocycles. The van der Waals surface area contributed by atoms with Crippen LogP contribution in [0.15, 0.2) is 16.7 Å². The summed E-state index contributed by atoms with van der Waals surface area (Å²) in [4.78, 5) is 15.1. The fourth-order valence-corrected chi connectivity index (χ4v) is 3.44. The zero-order chi connectivity index (χ0) is 15.4. The molecular weight excluding hydrogens is 366 g/mol. The molecule has 1 aliphatic rings. The number of amides is 1. The number of nitrogens with one attached hydrogen (secondary N) is 1. The third-order valence-corrected chi connectivity index (χ3v) is 4.50. The highest BCUT2D eigenvalue weighted by Gasteiger charge is 2.27. The average molecular weight is 393 g/mol. The van der Waals surface area contributed by atoms with Crippen LogP contribution in [-0.4, -0.2) is 41.1 Å². The van der Waals surface area contributed by atoms with Gasteiger partial charge in [0.25, 0.3) is 5.91 Å². The minimum Gasteiger partial charge on any atom is -0.340 e. The minimum absolute atomic E-state index is 0. The number of carbonyl (C=O) groups excluding carboxylic acids is 1. The number of aromatic nitrogens is 1. The summed E-state index contributed by atoms with van der Waals surface area (Å²) in [6.45, 7) is 9.21. The highest BCUT2D eigenvalue weighted by atomic mass is 79.9. The van der Waals surface area contributed by atoms with E-state index in [0.717, 1.165) is 49.1 Å². The number of carbonyl (C=O) groups is 1. The minimum atomic E-state index is 0. The predicted molar refractivity (Wildman–Crippen MR) is 97.0 cm³/mol. The third kappa shape index (κ3) is 4.49. The van der Waals surface area contributed by atoms with Crippen LogP contribution in [0.2, 0.25) is 0 Å². The Balaban J connectivity index is 0.00000242. The van der Waals surface area contributed by atoms with Gasteiger partial charge in [-0.3, -0.25) is 4.79 Å². The number of halogens is 2. The van der Waals surface area contributed by atoms with Crippen molar-refractivity contribution in [3.63, 3.8) is 0 Å². The fourth-order valence-electron chi connectivity index (χ4n) is 3.00. The van der Waals surface area contributed by atoms with Gasteiger partial charge < -0.3 is 14.8 Å². The van der Waals surface area contributed by atoms with Crippen LogP contribution in [0.25, 0.3) is 0 Å². The summed E-state index contributed by atoms with van der Waals surface area (Å²) in [5.74, 6) is 0.170. The first-order valence-electron chi connectivity index (χ1n) is 7.93. The second-order valence-corrected chi connectivity index (χ2v) is 6.94. The van der Waals surface area contributed by atoms with Gasteiger partial charge in [-0.05, 0) is 68.2 Å². The van der Waals surface area contributed by atoms with E-state index in [2.05, 4.69) is 51.5 Å². The Hall–Kier alpha value is -0.520. The molecule has 4 nitrogen and oxygen atoms in total. The molecule has 1 aromatic rings. The van der Waals surface area contributed by atoms with E-state index >= 15 is 0 Å². The quantitative estimate of drug-likeness (QED) is 0.826. The molecule has 0 spiro atoms. The molecule has 6 heteroatoms. The molecule has 1 N–H and O–H groups in total. The molecule has 0 aromatic carbocycles. The molecule has 0 bridgehead atoms. The molecule has 1 saturated heterocycles. The fraction of sp³-hybridized carbons (Fsp3) is 0.688. The van der Waals surface area contributed by atoms with Crippen LogP contribution in [0.1, 0.15) is 56.6 Å². The van der Waals surface area contributed by atoms with Gasteiger partial charge in [0.15, 0.2) is 0 Å². The van der Waals surface area contributed by atoms with Crippen LogP contribution in [-0.2, 0) is 0 Å². The third-order valence-electron chi connectivity index (χ3n) is 4.07. The molecule has 2 rings (SSSR count). The molecule has 1 aromatic heterocycles. The van der Waals surface area contributed by atoms with Gasteiger partial charge in [-0.1, -0.05) is 6.92 Å². The number of hydrogen-bond donors (Lipinski definition) is 1. The molecule has 2 heterocycles. The monoisotopic (exact) mass is 391 g/mol. The van der Waals surface area contributed by atoms with Crippen molar-refractivity contribution in [3.8, 4) is 0 Å². The molecule has 126 valence electrons. The van der Waals surface area contributed by atoms with Crippen molar-refractivity contribution < 1.29 is 4.79 Å². The Kier molecular flexibility index (Phi) is 7.94. The van der Waals surface area contributed by atoms with E-state index in [1.807, 2.05) is 12.3 Å². The number of nitrogens with zero attached hydrogens (tertiary/aromatic N) is 2. The lowest BCUT2D eigenvalue weighted by Gasteiger charge is -2.35. The lowest BCUT2D eigenvalue weighted by atomic mass is 10.0. The summed E-state index contributed by atoms with van der Waals surface area (Å²) in [5.41, 5.74) is 0.795. The Morgan fingerprint density at radius 2 is 2.09 bits per heavy atom. The van der Waals surface area contributed by atoms with Crippen molar-refractivity contribution in [1.29, 1.82) is 0 Å². The van der Waals surface area contributed by atoms with Crippen LogP contribution in [0.3, 0.4) is 0 Å². The number of hydrogen-bond acceptors (Lipinski definition) is 2. The molecule has 0 unspecified atom stereocenters. The van der Waals surface area contributed by atoms with E-state index in [0.29, 0.717) is 6.04 Å². The first-order valence-corrected chi connectivity index (χ1v) is 8.73. The number of piperidine rings is 1. The van der Waals surface area contributed by atoms with E-state index < -0.39 is 0 Å². The van der Waals surface area contributed by atoms with Crippen molar-refractivity contribution in [3.05, 3.63) is 22.4 Å². The number of rotatable bonds is 5. The van der Waals surface area contributed by atoms with Crippen molar-refractivity contribution >= 4 is 34.2 Å². The van der Waals surface area contributed by atoms with Gasteiger partial charge in [-0.15, -0.1) is 12.4 Å². The summed E-state index contributed by atoms with van der Waals surface area (Å²) < 4.78 is 3.04. The normalized spacial score (nSPS) is 15.7. The topological polar surface area (TPSA) is 37.3 Å². The van der Waals surface area contributed by atoms with E-state index in [9.17, 15) is 4.79 Å². The Labute approximate surface area is 148 Å². The smallest absolute Gasteiger partial charge is 0.270 e. The summed E-state index contributed by atoms with van der Waals surface area (Å²) in [5, 5.41) is 3.37. The van der Waals surface area contributed by atoms with Crippen molar-refractivity contribution in [2.45, 2.75) is 52.1 Å². The van der Waals surface area contributed by atoms with Gasteiger partial charge in [0.2, 0.25) is 0 Å². The zero-order valence-electron chi connectivity index (χ0n) is 13.6. The average Bonchev–Trinajstić information content (AvgIpc) is 2.87. The molecule has 0 aliphatic carbocycles. The summed E-state index contributed by atoms with van der Waals surface area (Å²) in [7, 11) is 0. The van der Waals surface area contributed by atoms with Crippen molar-refractivity contribution in [1.82, 2.24) is 14.8 Å². The second kappa shape index (κ2) is 8.94. The first-order chi connectivity index (χ1) is 10.0. The molecular formula is C16H27BrClN3O. The van der Waals surface area contributed by atoms with E-state index in [1.165, 1.54) is 0 Å². The van der Waals surface area contributed by atoms with Gasteiger partial charge in [0.1, 0.15) is 5.69 Å². The Bertz CT molecular complexity index is 484. The highest BCUT2D eigenvalue weighted by Crippen LogP contribution is 2.23. The van der Waals surface area contributed by atoms with E-state index in [-0.39, 0.29) is 24.4 Å². The molecule has 1 amide bonds. The van der Waals surface area contributed by atoms with Crippen molar-refractivity contribution in [2.75, 3.05) is 19.6 Å². The van der Waals surface area contributed by atoms with Crippen LogP contribution >= 0.6 is 28.3 Å². The van der Waals surface area contributed by atoms with Crippen LogP contribution in [0.5, 0.6) is 0 Å². The van der Waals surface area contributed by atoms with Gasteiger partial charge >= 0.3 is 0 Å². The lowest BCUT2D eigenvalue weighted by Crippen LogP contribution is -2.47. The zero-order valence-corrected chi connectivity index (χ0v) is 16.0. The summed E-state index contributed by atoms with van der Waals surface area (Å²) in [6, 6.07) is 2.60. The van der Waals surface area contributed by atoms with Crippen molar-refractivity contribution in [2.24, 2.45) is 0 Å². The molecule has 1 aliphatic heterocycles. The molecule has 1 fully saturated rings. The maximum absolute atomic E-state index is 13.0. The van der Waals surface area contributed by atoms with Crippen LogP contribution in [0, 0.1) is 0 Å². The van der Waals surface area contributed by atoms with Gasteiger partial charge in [-0.25, -0.2) is 0 Å². The van der Waals surface area contributed by atoms with E-state index in [4.69, 9.17) is 0 Å². The predicted octanol–water partition coefficient (Wildman–Crippen LogP) is 3.86. The van der Waals surface area contributed by atoms with Crippen LogP contribution in [0.4, 0.5) is 0 Å². The summed E-state index contributed by atoms with van der Waals surface area (Å²) >= 11 is 3.50. The van der Waals surface area contributed by atoms with Gasteiger partial charge in [-0.2, -0.15) is 0 Å². The van der Waals surface area contributed by atoms with Crippen LogP contribution < -0.4 is 5.32 Å².